The van der Waals surface area contributed by atoms with E-state index in [1.54, 1.807) is 38.1 Å². The Hall–Kier alpha value is -2.54. The molecule has 0 aromatic heterocycles. The number of amides is 1. The summed E-state index contributed by atoms with van der Waals surface area (Å²) in [7, 11) is -3.32. The molecule has 0 spiro atoms. The SMILES string of the molecule is CCN(c1ccc(C(=O)N2CCN(c3ccccc3)CC2)cc1)S(=O)(=O)CC. The van der Waals surface area contributed by atoms with Crippen LogP contribution in [0.2, 0.25) is 0 Å². The van der Waals surface area contributed by atoms with Gasteiger partial charge in [-0.25, -0.2) is 8.42 Å². The van der Waals surface area contributed by atoms with E-state index in [0.29, 0.717) is 30.9 Å². The monoisotopic (exact) mass is 401 g/mol. The topological polar surface area (TPSA) is 60.9 Å². The number of anilines is 2. The number of hydrogen-bond donors (Lipinski definition) is 0. The lowest BCUT2D eigenvalue weighted by Crippen LogP contribution is -2.48. The van der Waals surface area contributed by atoms with Crippen LogP contribution in [0, 0.1) is 0 Å². The third-order valence-corrected chi connectivity index (χ3v) is 6.95. The first-order chi connectivity index (χ1) is 13.5. The standard InChI is InChI=1S/C21H27N3O3S/c1-3-24(28(26,27)4-2)20-12-10-18(11-13-20)21(25)23-16-14-22(15-17-23)19-8-6-5-7-9-19/h5-13H,3-4,14-17H2,1-2H3. The second-order valence-corrected chi connectivity index (χ2v) is 8.91. The highest BCUT2D eigenvalue weighted by molar-refractivity contribution is 7.92. The van der Waals surface area contributed by atoms with Gasteiger partial charge in [0.15, 0.2) is 0 Å². The van der Waals surface area contributed by atoms with E-state index in [1.165, 1.54) is 9.99 Å². The van der Waals surface area contributed by atoms with Crippen molar-refractivity contribution in [3.8, 4) is 0 Å². The molecule has 2 aromatic carbocycles. The molecule has 0 saturated carbocycles. The molecule has 0 radical (unpaired) electrons. The van der Waals surface area contributed by atoms with E-state index < -0.39 is 10.0 Å². The summed E-state index contributed by atoms with van der Waals surface area (Å²) < 4.78 is 25.8. The van der Waals surface area contributed by atoms with Crippen LogP contribution in [-0.4, -0.2) is 57.7 Å². The molecule has 1 aliphatic rings. The molecule has 1 heterocycles. The van der Waals surface area contributed by atoms with Crippen LogP contribution < -0.4 is 9.21 Å². The van der Waals surface area contributed by atoms with Crippen LogP contribution in [0.15, 0.2) is 54.6 Å². The zero-order valence-corrected chi connectivity index (χ0v) is 17.2. The Morgan fingerprint density at radius 1 is 0.929 bits per heavy atom. The molecule has 1 amide bonds. The van der Waals surface area contributed by atoms with Crippen LogP contribution in [-0.2, 0) is 10.0 Å². The van der Waals surface area contributed by atoms with Crippen molar-refractivity contribution in [2.75, 3.05) is 47.7 Å². The molecule has 7 heteroatoms. The normalized spacial score (nSPS) is 14.8. The number of hydrogen-bond acceptors (Lipinski definition) is 4. The number of nitrogens with zero attached hydrogens (tertiary/aromatic N) is 3. The highest BCUT2D eigenvalue weighted by atomic mass is 32.2. The molecule has 150 valence electrons. The van der Waals surface area contributed by atoms with E-state index >= 15 is 0 Å². The predicted octanol–water partition coefficient (Wildman–Crippen LogP) is 2.83. The molecule has 1 saturated heterocycles. The molecule has 1 fully saturated rings. The molecule has 0 bridgehead atoms. The molecule has 2 aromatic rings. The molecule has 6 nitrogen and oxygen atoms in total. The van der Waals surface area contributed by atoms with Crippen molar-refractivity contribution < 1.29 is 13.2 Å². The molecule has 0 aliphatic carbocycles. The summed E-state index contributed by atoms with van der Waals surface area (Å²) in [6.45, 7) is 6.73. The second-order valence-electron chi connectivity index (χ2n) is 6.73. The Kier molecular flexibility index (Phi) is 6.24. The van der Waals surface area contributed by atoms with E-state index in [-0.39, 0.29) is 11.7 Å². The maximum absolute atomic E-state index is 12.8. The Morgan fingerprint density at radius 2 is 1.54 bits per heavy atom. The number of para-hydroxylation sites is 1. The minimum atomic E-state index is -3.32. The summed E-state index contributed by atoms with van der Waals surface area (Å²) in [5.41, 5.74) is 2.35. The Labute approximate surface area is 167 Å². The first kappa shape index (κ1) is 20.2. The summed E-state index contributed by atoms with van der Waals surface area (Å²) in [6.07, 6.45) is 0. The van der Waals surface area contributed by atoms with Crippen LogP contribution in [0.3, 0.4) is 0 Å². The summed E-state index contributed by atoms with van der Waals surface area (Å²) in [6, 6.07) is 17.1. The van der Waals surface area contributed by atoms with Crippen LogP contribution in [0.4, 0.5) is 11.4 Å². The van der Waals surface area contributed by atoms with Crippen LogP contribution in [0.1, 0.15) is 24.2 Å². The molecule has 0 atom stereocenters. The van der Waals surface area contributed by atoms with Gasteiger partial charge < -0.3 is 9.80 Å². The van der Waals surface area contributed by atoms with Crippen molar-refractivity contribution in [2.24, 2.45) is 0 Å². The van der Waals surface area contributed by atoms with E-state index in [2.05, 4.69) is 17.0 Å². The summed E-state index contributed by atoms with van der Waals surface area (Å²) in [5.74, 6) is 0.0355. The Bertz CT molecular complexity index is 890. The quantitative estimate of drug-likeness (QED) is 0.747. The van der Waals surface area contributed by atoms with Crippen LogP contribution >= 0.6 is 0 Å². The van der Waals surface area contributed by atoms with E-state index in [9.17, 15) is 13.2 Å². The third kappa shape index (κ3) is 4.30. The van der Waals surface area contributed by atoms with Gasteiger partial charge in [0.05, 0.1) is 11.4 Å². The van der Waals surface area contributed by atoms with Gasteiger partial charge in [-0.1, -0.05) is 18.2 Å². The van der Waals surface area contributed by atoms with Crippen LogP contribution in [0.25, 0.3) is 0 Å². The summed E-state index contributed by atoms with van der Waals surface area (Å²) in [5, 5.41) is 0. The zero-order valence-electron chi connectivity index (χ0n) is 16.4. The fourth-order valence-electron chi connectivity index (χ4n) is 3.46. The molecule has 28 heavy (non-hydrogen) atoms. The van der Waals surface area contributed by atoms with E-state index in [1.807, 2.05) is 23.1 Å². The number of carbonyl (C=O) groups excluding carboxylic acids is 1. The predicted molar refractivity (Wildman–Crippen MR) is 113 cm³/mol. The van der Waals surface area contributed by atoms with Crippen molar-refractivity contribution in [3.63, 3.8) is 0 Å². The smallest absolute Gasteiger partial charge is 0.253 e. The van der Waals surface area contributed by atoms with Gasteiger partial charge in [-0.3, -0.25) is 9.10 Å². The Balaban J connectivity index is 1.65. The highest BCUT2D eigenvalue weighted by Crippen LogP contribution is 2.21. The van der Waals surface area contributed by atoms with Gasteiger partial charge in [0.1, 0.15) is 0 Å². The summed E-state index contributed by atoms with van der Waals surface area (Å²) >= 11 is 0. The van der Waals surface area contributed by atoms with Crippen molar-refractivity contribution in [1.29, 1.82) is 0 Å². The minimum absolute atomic E-state index is 0.0133. The lowest BCUT2D eigenvalue weighted by molar-refractivity contribution is 0.0747. The largest absolute Gasteiger partial charge is 0.368 e. The van der Waals surface area contributed by atoms with Crippen LogP contribution in [0.5, 0.6) is 0 Å². The van der Waals surface area contributed by atoms with Gasteiger partial charge in [-0.05, 0) is 50.2 Å². The second kappa shape index (κ2) is 8.65. The molecular formula is C21H27N3O3S. The number of sulfonamides is 1. The average molecular weight is 402 g/mol. The first-order valence-electron chi connectivity index (χ1n) is 9.66. The van der Waals surface area contributed by atoms with Gasteiger partial charge in [-0.2, -0.15) is 0 Å². The van der Waals surface area contributed by atoms with Gasteiger partial charge in [0.2, 0.25) is 10.0 Å². The minimum Gasteiger partial charge on any atom is -0.368 e. The molecule has 0 unspecified atom stereocenters. The van der Waals surface area contributed by atoms with Gasteiger partial charge in [0, 0.05) is 44.0 Å². The first-order valence-corrected chi connectivity index (χ1v) is 11.3. The third-order valence-electron chi connectivity index (χ3n) is 5.08. The van der Waals surface area contributed by atoms with Gasteiger partial charge >= 0.3 is 0 Å². The molecule has 0 N–H and O–H groups in total. The molecular weight excluding hydrogens is 374 g/mol. The summed E-state index contributed by atoms with van der Waals surface area (Å²) in [4.78, 5) is 17.0. The number of benzene rings is 2. The fraction of sp³-hybridized carbons (Fsp3) is 0.381. The lowest BCUT2D eigenvalue weighted by Gasteiger charge is -2.36. The van der Waals surface area contributed by atoms with E-state index in [0.717, 1.165) is 13.1 Å². The average Bonchev–Trinajstić information content (AvgIpc) is 2.75. The maximum Gasteiger partial charge on any atom is 0.253 e. The Morgan fingerprint density at radius 3 is 2.07 bits per heavy atom. The molecule has 1 aliphatic heterocycles. The van der Waals surface area contributed by atoms with Crippen molar-refractivity contribution in [2.45, 2.75) is 13.8 Å². The lowest BCUT2D eigenvalue weighted by atomic mass is 10.1. The van der Waals surface area contributed by atoms with Crippen molar-refractivity contribution >= 4 is 27.3 Å². The molecule has 3 rings (SSSR count). The zero-order chi connectivity index (χ0) is 20.1. The van der Waals surface area contributed by atoms with Gasteiger partial charge in [-0.15, -0.1) is 0 Å². The van der Waals surface area contributed by atoms with Crippen molar-refractivity contribution in [1.82, 2.24) is 4.90 Å². The van der Waals surface area contributed by atoms with Gasteiger partial charge in [0.25, 0.3) is 5.91 Å². The number of rotatable bonds is 6. The highest BCUT2D eigenvalue weighted by Gasteiger charge is 2.23. The van der Waals surface area contributed by atoms with E-state index in [4.69, 9.17) is 0 Å². The number of piperazine rings is 1. The fourth-order valence-corrected chi connectivity index (χ4v) is 4.60. The van der Waals surface area contributed by atoms with Crippen molar-refractivity contribution in [3.05, 3.63) is 60.2 Å². The number of carbonyl (C=O) groups is 1. The maximum atomic E-state index is 12.8.